The summed E-state index contributed by atoms with van der Waals surface area (Å²) in [7, 11) is 2.96. The van der Waals surface area contributed by atoms with Crippen molar-refractivity contribution >= 4 is 33.7 Å². The molecular weight excluding hydrogens is 354 g/mol. The average Bonchev–Trinajstić information content (AvgIpc) is 3.04. The van der Waals surface area contributed by atoms with E-state index in [2.05, 4.69) is 9.97 Å². The lowest BCUT2D eigenvalue weighted by Crippen LogP contribution is -2.41. The van der Waals surface area contributed by atoms with Gasteiger partial charge >= 0.3 is 11.0 Å². The second-order valence-electron chi connectivity index (χ2n) is 5.64. The van der Waals surface area contributed by atoms with Crippen LogP contribution in [-0.2, 0) is 9.47 Å². The molecule has 0 spiro atoms. The molecule has 1 amide bonds. The maximum Gasteiger partial charge on any atom is 0.409 e. The standard InChI is InChI=1S/C13H17N5O6S/c1-17(2)12(21)24-8-5(4-19)23-10(7(8)20)18-9-6(25-13(18)22)3-15-11(14)16-9/h3,5,7-8,10,19-20H,4H2,1-2H3,(H2,14,15,16)/t5-,7-,8-,10-/m1/s1. The Bertz CT molecular complexity index is 851. The van der Waals surface area contributed by atoms with Crippen LogP contribution in [0, 0.1) is 0 Å². The Morgan fingerprint density at radius 3 is 2.92 bits per heavy atom. The largest absolute Gasteiger partial charge is 0.440 e. The van der Waals surface area contributed by atoms with Gasteiger partial charge in [0.1, 0.15) is 12.2 Å². The van der Waals surface area contributed by atoms with Gasteiger partial charge < -0.3 is 30.3 Å². The highest BCUT2D eigenvalue weighted by molar-refractivity contribution is 7.16. The first-order chi connectivity index (χ1) is 11.8. The summed E-state index contributed by atoms with van der Waals surface area (Å²) in [5, 5.41) is 20.0. The average molecular weight is 371 g/mol. The van der Waals surface area contributed by atoms with Gasteiger partial charge in [-0.2, -0.15) is 4.98 Å². The monoisotopic (exact) mass is 371 g/mol. The number of nitrogens with two attached hydrogens (primary N) is 1. The summed E-state index contributed by atoms with van der Waals surface area (Å²) in [6.45, 7) is -0.507. The van der Waals surface area contributed by atoms with Crippen LogP contribution in [0.25, 0.3) is 10.3 Å². The van der Waals surface area contributed by atoms with Gasteiger partial charge in [0.05, 0.1) is 17.5 Å². The van der Waals surface area contributed by atoms with Crippen molar-refractivity contribution < 1.29 is 24.5 Å². The molecule has 0 saturated carbocycles. The number of aliphatic hydroxyl groups excluding tert-OH is 2. The Morgan fingerprint density at radius 2 is 2.28 bits per heavy atom. The maximum absolute atomic E-state index is 12.3. The van der Waals surface area contributed by atoms with Crippen LogP contribution in [0.15, 0.2) is 11.0 Å². The molecule has 136 valence electrons. The third kappa shape index (κ3) is 3.04. The number of carbonyl (C=O) groups excluding carboxylic acids is 1. The van der Waals surface area contributed by atoms with Crippen molar-refractivity contribution in [3.63, 3.8) is 0 Å². The normalized spacial score (nSPS) is 26.1. The highest BCUT2D eigenvalue weighted by Crippen LogP contribution is 2.33. The second kappa shape index (κ2) is 6.55. The molecule has 1 aliphatic heterocycles. The van der Waals surface area contributed by atoms with Crippen molar-refractivity contribution in [1.82, 2.24) is 19.4 Å². The van der Waals surface area contributed by atoms with Crippen LogP contribution in [0.3, 0.4) is 0 Å². The molecule has 3 rings (SSSR count). The smallest absolute Gasteiger partial charge is 0.409 e. The lowest BCUT2D eigenvalue weighted by Gasteiger charge is -2.21. The Morgan fingerprint density at radius 1 is 1.56 bits per heavy atom. The molecule has 0 aliphatic carbocycles. The lowest BCUT2D eigenvalue weighted by atomic mass is 10.1. The molecule has 3 heterocycles. The fourth-order valence-corrected chi connectivity index (χ4v) is 3.34. The topological polar surface area (TPSA) is 153 Å². The molecule has 25 heavy (non-hydrogen) atoms. The van der Waals surface area contributed by atoms with E-state index in [4.69, 9.17) is 15.2 Å². The summed E-state index contributed by atoms with van der Waals surface area (Å²) in [6.07, 6.45) is -4.02. The van der Waals surface area contributed by atoms with Crippen LogP contribution in [0.2, 0.25) is 0 Å². The molecule has 0 aromatic carbocycles. The molecule has 0 unspecified atom stereocenters. The van der Waals surface area contributed by atoms with E-state index in [1.807, 2.05) is 0 Å². The van der Waals surface area contributed by atoms with E-state index >= 15 is 0 Å². The molecule has 1 saturated heterocycles. The lowest BCUT2D eigenvalue weighted by molar-refractivity contribution is -0.0530. The molecular formula is C13H17N5O6S. The molecule has 2 aromatic rings. The zero-order valence-electron chi connectivity index (χ0n) is 13.4. The van der Waals surface area contributed by atoms with E-state index < -0.39 is 42.1 Å². The summed E-state index contributed by atoms with van der Waals surface area (Å²) in [4.78, 5) is 32.6. The summed E-state index contributed by atoms with van der Waals surface area (Å²) in [6, 6.07) is 0. The van der Waals surface area contributed by atoms with Gasteiger partial charge in [0.25, 0.3) is 0 Å². The third-order valence-electron chi connectivity index (χ3n) is 3.72. The molecule has 1 aliphatic rings. The molecule has 0 bridgehead atoms. The first-order valence-electron chi connectivity index (χ1n) is 7.29. The fraction of sp³-hybridized carbons (Fsp3) is 0.538. The summed E-state index contributed by atoms with van der Waals surface area (Å²) < 4.78 is 12.3. The van der Waals surface area contributed by atoms with E-state index in [0.29, 0.717) is 4.70 Å². The van der Waals surface area contributed by atoms with Crippen molar-refractivity contribution in [2.24, 2.45) is 0 Å². The minimum Gasteiger partial charge on any atom is -0.440 e. The number of thiazole rings is 1. The number of fused-ring (bicyclic) bond motifs is 1. The first-order valence-corrected chi connectivity index (χ1v) is 8.11. The van der Waals surface area contributed by atoms with Crippen LogP contribution < -0.4 is 10.6 Å². The van der Waals surface area contributed by atoms with E-state index in [1.165, 1.54) is 25.2 Å². The Hall–Kier alpha value is -2.28. The van der Waals surface area contributed by atoms with Crippen molar-refractivity contribution in [2.45, 2.75) is 24.5 Å². The zero-order valence-corrected chi connectivity index (χ0v) is 14.2. The first kappa shape index (κ1) is 17.5. The minimum atomic E-state index is -1.38. The Labute approximate surface area is 145 Å². The Kier molecular flexibility index (Phi) is 4.60. The number of aromatic nitrogens is 3. The molecule has 1 fully saturated rings. The van der Waals surface area contributed by atoms with Crippen LogP contribution in [0.4, 0.5) is 10.7 Å². The van der Waals surface area contributed by atoms with Crippen molar-refractivity contribution in [3.8, 4) is 0 Å². The number of amides is 1. The van der Waals surface area contributed by atoms with E-state index in [0.717, 1.165) is 15.9 Å². The summed E-state index contributed by atoms with van der Waals surface area (Å²) >= 11 is 0.862. The van der Waals surface area contributed by atoms with Gasteiger partial charge in [0.15, 0.2) is 18.0 Å². The molecule has 4 atom stereocenters. The van der Waals surface area contributed by atoms with Crippen molar-refractivity contribution in [3.05, 3.63) is 15.9 Å². The molecule has 12 heteroatoms. The van der Waals surface area contributed by atoms with Crippen LogP contribution in [0.5, 0.6) is 0 Å². The Balaban J connectivity index is 1.98. The van der Waals surface area contributed by atoms with Gasteiger partial charge in [0, 0.05) is 14.1 Å². The van der Waals surface area contributed by atoms with E-state index in [9.17, 15) is 19.8 Å². The number of aliphatic hydroxyl groups is 2. The number of carbonyl (C=O) groups is 1. The van der Waals surface area contributed by atoms with Gasteiger partial charge in [-0.3, -0.25) is 9.36 Å². The van der Waals surface area contributed by atoms with Gasteiger partial charge in [0.2, 0.25) is 5.95 Å². The zero-order chi connectivity index (χ0) is 18.3. The van der Waals surface area contributed by atoms with Crippen molar-refractivity contribution in [2.75, 3.05) is 26.4 Å². The van der Waals surface area contributed by atoms with Crippen LogP contribution >= 0.6 is 11.3 Å². The fourth-order valence-electron chi connectivity index (χ4n) is 2.52. The molecule has 4 N–H and O–H groups in total. The number of nitrogens with zero attached hydrogens (tertiary/aromatic N) is 4. The number of hydrogen-bond acceptors (Lipinski definition) is 10. The predicted octanol–water partition coefficient (Wildman–Crippen LogP) is -1.25. The number of nitrogen functional groups attached to an aromatic ring is 1. The maximum atomic E-state index is 12.3. The van der Waals surface area contributed by atoms with E-state index in [-0.39, 0.29) is 11.6 Å². The number of anilines is 1. The number of hydrogen-bond donors (Lipinski definition) is 3. The quantitative estimate of drug-likeness (QED) is 0.600. The second-order valence-corrected chi connectivity index (χ2v) is 6.63. The molecule has 0 radical (unpaired) electrons. The summed E-state index contributed by atoms with van der Waals surface area (Å²) in [5.41, 5.74) is 5.76. The molecule has 11 nitrogen and oxygen atoms in total. The highest BCUT2D eigenvalue weighted by atomic mass is 32.1. The van der Waals surface area contributed by atoms with Gasteiger partial charge in [-0.05, 0) is 0 Å². The SMILES string of the molecule is CN(C)C(=O)O[C@H]1[C@@H](O)[C@H](n2c(=O)sc3cnc(N)nc32)O[C@@H]1CO. The highest BCUT2D eigenvalue weighted by Gasteiger charge is 2.48. The van der Waals surface area contributed by atoms with Crippen LogP contribution in [0.1, 0.15) is 6.23 Å². The third-order valence-corrected chi connectivity index (χ3v) is 4.60. The van der Waals surface area contributed by atoms with Gasteiger partial charge in [-0.15, -0.1) is 0 Å². The molecule has 2 aromatic heterocycles. The predicted molar refractivity (Wildman–Crippen MR) is 87.0 cm³/mol. The van der Waals surface area contributed by atoms with Gasteiger partial charge in [-0.25, -0.2) is 9.78 Å². The number of rotatable bonds is 3. The van der Waals surface area contributed by atoms with Crippen molar-refractivity contribution in [1.29, 1.82) is 0 Å². The van der Waals surface area contributed by atoms with Gasteiger partial charge in [-0.1, -0.05) is 11.3 Å². The summed E-state index contributed by atoms with van der Waals surface area (Å²) in [5.74, 6) is -0.0409. The van der Waals surface area contributed by atoms with Crippen LogP contribution in [-0.4, -0.2) is 74.8 Å². The number of ether oxygens (including phenoxy) is 2. The van der Waals surface area contributed by atoms with E-state index in [1.54, 1.807) is 0 Å². The minimum absolute atomic E-state index is 0.0409.